The van der Waals surface area contributed by atoms with Crippen molar-refractivity contribution in [2.24, 2.45) is 5.92 Å². The van der Waals surface area contributed by atoms with E-state index in [-0.39, 0.29) is 17.2 Å². The summed E-state index contributed by atoms with van der Waals surface area (Å²) in [5.74, 6) is -1.10. The van der Waals surface area contributed by atoms with Crippen molar-refractivity contribution in [1.29, 1.82) is 0 Å². The van der Waals surface area contributed by atoms with Gasteiger partial charge in [-0.15, -0.1) is 11.8 Å². The molecule has 0 amide bonds. The van der Waals surface area contributed by atoms with Crippen LogP contribution in [-0.2, 0) is 16.7 Å². The molecule has 19 heavy (non-hydrogen) atoms. The first-order valence-corrected chi connectivity index (χ1v) is 6.78. The smallest absolute Gasteiger partial charge is 0.416 e. The van der Waals surface area contributed by atoms with Crippen molar-refractivity contribution in [1.82, 2.24) is 0 Å². The second kappa shape index (κ2) is 6.32. The fourth-order valence-electron chi connectivity index (χ4n) is 1.65. The molecule has 0 heterocycles. The Morgan fingerprint density at radius 3 is 2.37 bits per heavy atom. The summed E-state index contributed by atoms with van der Waals surface area (Å²) in [6.45, 7) is 3.48. The van der Waals surface area contributed by atoms with Gasteiger partial charge in [-0.05, 0) is 17.5 Å². The molecule has 0 bridgehead atoms. The minimum atomic E-state index is -4.41. The molecular formula is C13H15F3O2S. The van der Waals surface area contributed by atoms with Crippen LogP contribution in [0, 0.1) is 5.92 Å². The molecule has 1 N–H and O–H groups in total. The summed E-state index contributed by atoms with van der Waals surface area (Å²) >= 11 is 1.02. The molecule has 0 aromatic heterocycles. The van der Waals surface area contributed by atoms with Crippen LogP contribution in [-0.4, -0.2) is 16.3 Å². The molecule has 0 fully saturated rings. The van der Waals surface area contributed by atoms with Crippen LogP contribution in [0.2, 0.25) is 0 Å². The van der Waals surface area contributed by atoms with Crippen LogP contribution in [0.25, 0.3) is 0 Å². The first kappa shape index (κ1) is 15.9. The number of carboxylic acid groups (broad SMARTS) is 1. The standard InChI is InChI=1S/C13H15F3O2S/c1-8(2)11(12(17)18)19-7-9-5-3-4-6-10(9)13(14,15)16/h3-6,8,11H,7H2,1-2H3,(H,17,18). The zero-order valence-corrected chi connectivity index (χ0v) is 11.4. The fraction of sp³-hybridized carbons (Fsp3) is 0.462. The summed E-state index contributed by atoms with van der Waals surface area (Å²) in [5.41, 5.74) is -0.581. The molecule has 0 aliphatic heterocycles. The molecule has 6 heteroatoms. The highest BCUT2D eigenvalue weighted by atomic mass is 32.2. The van der Waals surface area contributed by atoms with Crippen molar-refractivity contribution >= 4 is 17.7 Å². The molecule has 1 aromatic carbocycles. The Morgan fingerprint density at radius 2 is 1.89 bits per heavy atom. The summed E-state index contributed by atoms with van der Waals surface area (Å²) in [4.78, 5) is 11.0. The molecule has 2 nitrogen and oxygen atoms in total. The van der Waals surface area contributed by atoms with Gasteiger partial charge in [0.05, 0.1) is 5.56 Å². The summed E-state index contributed by atoms with van der Waals surface area (Å²) in [7, 11) is 0. The topological polar surface area (TPSA) is 37.3 Å². The zero-order chi connectivity index (χ0) is 14.6. The van der Waals surface area contributed by atoms with Gasteiger partial charge in [0.15, 0.2) is 0 Å². The van der Waals surface area contributed by atoms with Gasteiger partial charge in [-0.3, -0.25) is 4.79 Å². The van der Waals surface area contributed by atoms with E-state index >= 15 is 0 Å². The van der Waals surface area contributed by atoms with Crippen LogP contribution in [0.15, 0.2) is 24.3 Å². The Labute approximate surface area is 114 Å². The molecular weight excluding hydrogens is 277 g/mol. The third-order valence-electron chi connectivity index (χ3n) is 2.59. The Bertz CT molecular complexity index is 444. The highest BCUT2D eigenvalue weighted by Gasteiger charge is 2.33. The zero-order valence-electron chi connectivity index (χ0n) is 10.6. The van der Waals surface area contributed by atoms with Crippen molar-refractivity contribution in [3.8, 4) is 0 Å². The van der Waals surface area contributed by atoms with E-state index in [0.717, 1.165) is 17.8 Å². The first-order chi connectivity index (χ1) is 8.73. The number of carbonyl (C=O) groups is 1. The van der Waals surface area contributed by atoms with E-state index in [2.05, 4.69) is 0 Å². The van der Waals surface area contributed by atoms with Gasteiger partial charge in [0.25, 0.3) is 0 Å². The van der Waals surface area contributed by atoms with Gasteiger partial charge >= 0.3 is 12.1 Å². The van der Waals surface area contributed by atoms with Crippen LogP contribution in [0.3, 0.4) is 0 Å². The highest BCUT2D eigenvalue weighted by molar-refractivity contribution is 7.99. The largest absolute Gasteiger partial charge is 0.480 e. The van der Waals surface area contributed by atoms with E-state index in [9.17, 15) is 18.0 Å². The Hall–Kier alpha value is -1.17. The van der Waals surface area contributed by atoms with E-state index < -0.39 is 23.0 Å². The molecule has 0 spiro atoms. The molecule has 0 saturated carbocycles. The number of carboxylic acids is 1. The number of hydrogen-bond acceptors (Lipinski definition) is 2. The monoisotopic (exact) mass is 292 g/mol. The van der Waals surface area contributed by atoms with Crippen LogP contribution in [0.1, 0.15) is 25.0 Å². The summed E-state index contributed by atoms with van der Waals surface area (Å²) in [5, 5.41) is 8.30. The first-order valence-electron chi connectivity index (χ1n) is 5.73. The lowest BCUT2D eigenvalue weighted by molar-refractivity contribution is -0.138. The lowest BCUT2D eigenvalue weighted by Gasteiger charge is -2.17. The number of hydrogen-bond donors (Lipinski definition) is 1. The van der Waals surface area contributed by atoms with E-state index in [0.29, 0.717) is 0 Å². The molecule has 106 valence electrons. The van der Waals surface area contributed by atoms with Gasteiger partial charge in [-0.2, -0.15) is 13.2 Å². The third kappa shape index (κ3) is 4.45. The van der Waals surface area contributed by atoms with Crippen LogP contribution in [0.4, 0.5) is 13.2 Å². The average Bonchev–Trinajstić information content (AvgIpc) is 2.27. The molecule has 0 aliphatic carbocycles. The Kier molecular flexibility index (Phi) is 5.29. The van der Waals surface area contributed by atoms with Gasteiger partial charge in [-0.25, -0.2) is 0 Å². The number of benzene rings is 1. The Balaban J connectivity index is 2.86. The molecule has 0 radical (unpaired) electrons. The van der Waals surface area contributed by atoms with Gasteiger partial charge in [0.2, 0.25) is 0 Å². The maximum absolute atomic E-state index is 12.8. The third-order valence-corrected chi connectivity index (χ3v) is 4.17. The van der Waals surface area contributed by atoms with E-state index in [1.165, 1.54) is 18.2 Å². The van der Waals surface area contributed by atoms with Crippen molar-refractivity contribution in [2.45, 2.75) is 31.0 Å². The number of alkyl halides is 3. The van der Waals surface area contributed by atoms with Crippen LogP contribution >= 0.6 is 11.8 Å². The van der Waals surface area contributed by atoms with E-state index in [1.54, 1.807) is 13.8 Å². The van der Waals surface area contributed by atoms with Crippen LogP contribution < -0.4 is 0 Å². The maximum Gasteiger partial charge on any atom is 0.416 e. The van der Waals surface area contributed by atoms with E-state index in [4.69, 9.17) is 5.11 Å². The van der Waals surface area contributed by atoms with Crippen molar-refractivity contribution in [2.75, 3.05) is 0 Å². The van der Waals surface area contributed by atoms with Gasteiger partial charge < -0.3 is 5.11 Å². The fourth-order valence-corrected chi connectivity index (χ4v) is 2.79. The molecule has 1 aromatic rings. The number of halogens is 3. The molecule has 1 unspecified atom stereocenters. The average molecular weight is 292 g/mol. The molecule has 0 saturated heterocycles. The Morgan fingerprint density at radius 1 is 1.32 bits per heavy atom. The predicted molar refractivity (Wildman–Crippen MR) is 69.0 cm³/mol. The SMILES string of the molecule is CC(C)C(SCc1ccccc1C(F)(F)F)C(=O)O. The van der Waals surface area contributed by atoms with Gasteiger partial charge in [-0.1, -0.05) is 32.0 Å². The van der Waals surface area contributed by atoms with Gasteiger partial charge in [0, 0.05) is 5.75 Å². The van der Waals surface area contributed by atoms with Crippen LogP contribution in [0.5, 0.6) is 0 Å². The molecule has 0 aliphatic rings. The molecule has 1 atom stereocenters. The minimum Gasteiger partial charge on any atom is -0.480 e. The predicted octanol–water partition coefficient (Wildman–Crippen LogP) is 4.05. The summed E-state index contributed by atoms with van der Waals surface area (Å²) in [6.07, 6.45) is -4.41. The lowest BCUT2D eigenvalue weighted by Crippen LogP contribution is -2.23. The summed E-state index contributed by atoms with van der Waals surface area (Å²) in [6, 6.07) is 5.25. The number of rotatable bonds is 5. The number of aliphatic carboxylic acids is 1. The lowest BCUT2D eigenvalue weighted by atomic mass is 10.1. The maximum atomic E-state index is 12.8. The van der Waals surface area contributed by atoms with Crippen molar-refractivity contribution < 1.29 is 23.1 Å². The van der Waals surface area contributed by atoms with E-state index in [1.807, 2.05) is 0 Å². The summed E-state index contributed by atoms with van der Waals surface area (Å²) < 4.78 is 38.3. The second-order valence-electron chi connectivity index (χ2n) is 4.47. The van der Waals surface area contributed by atoms with Crippen molar-refractivity contribution in [3.63, 3.8) is 0 Å². The van der Waals surface area contributed by atoms with Gasteiger partial charge in [0.1, 0.15) is 5.25 Å². The number of thioether (sulfide) groups is 1. The minimum absolute atomic E-state index is 0.0326. The quantitative estimate of drug-likeness (QED) is 0.889. The normalized spacial score (nSPS) is 13.6. The second-order valence-corrected chi connectivity index (χ2v) is 5.60. The van der Waals surface area contributed by atoms with Crippen molar-refractivity contribution in [3.05, 3.63) is 35.4 Å². The molecule has 1 rings (SSSR count). The highest BCUT2D eigenvalue weighted by Crippen LogP contribution is 2.34.